The average Bonchev–Trinajstić information content (AvgIpc) is 2.80. The smallest absolute Gasteiger partial charge is 0.242 e. The zero-order valence-corrected chi connectivity index (χ0v) is 19.7. The zero-order valence-electron chi connectivity index (χ0n) is 19.7. The van der Waals surface area contributed by atoms with Gasteiger partial charge in [0.05, 0.1) is 13.2 Å². The highest BCUT2D eigenvalue weighted by molar-refractivity contribution is 5.87. The number of hydrogen-bond donors (Lipinski definition) is 1. The molecule has 0 saturated heterocycles. The lowest BCUT2D eigenvalue weighted by molar-refractivity contribution is -0.141. The summed E-state index contributed by atoms with van der Waals surface area (Å²) < 4.78 is 11.3. The van der Waals surface area contributed by atoms with E-state index in [0.717, 1.165) is 11.1 Å². The summed E-state index contributed by atoms with van der Waals surface area (Å²) in [4.78, 5) is 27.7. The first-order valence-electron chi connectivity index (χ1n) is 11.5. The Bertz CT molecular complexity index is 854. The monoisotopic (exact) mass is 440 g/mol. The van der Waals surface area contributed by atoms with Crippen molar-refractivity contribution in [3.8, 4) is 11.5 Å². The van der Waals surface area contributed by atoms with Gasteiger partial charge in [0.2, 0.25) is 11.8 Å². The van der Waals surface area contributed by atoms with Crippen molar-refractivity contribution in [1.82, 2.24) is 10.2 Å². The first-order chi connectivity index (χ1) is 15.5. The maximum Gasteiger partial charge on any atom is 0.242 e. The molecule has 0 aromatic heterocycles. The molecule has 1 N–H and O–H groups in total. The van der Waals surface area contributed by atoms with Crippen LogP contribution in [0, 0.1) is 0 Å². The van der Waals surface area contributed by atoms with Crippen molar-refractivity contribution >= 4 is 11.8 Å². The molecule has 0 aliphatic carbocycles. The predicted molar refractivity (Wildman–Crippen MR) is 127 cm³/mol. The van der Waals surface area contributed by atoms with Crippen LogP contribution in [-0.4, -0.2) is 42.5 Å². The summed E-state index contributed by atoms with van der Waals surface area (Å²) in [5.74, 6) is 1.24. The number of rotatable bonds is 13. The lowest BCUT2D eigenvalue weighted by Gasteiger charge is -2.30. The Labute approximate surface area is 191 Å². The van der Waals surface area contributed by atoms with Crippen LogP contribution in [0.4, 0.5) is 0 Å². The van der Waals surface area contributed by atoms with Gasteiger partial charge in [-0.2, -0.15) is 0 Å². The van der Waals surface area contributed by atoms with Gasteiger partial charge in [0.15, 0.2) is 11.5 Å². The van der Waals surface area contributed by atoms with Crippen molar-refractivity contribution < 1.29 is 19.1 Å². The minimum absolute atomic E-state index is 0.0428. The van der Waals surface area contributed by atoms with Gasteiger partial charge in [-0.05, 0) is 56.9 Å². The van der Waals surface area contributed by atoms with Crippen molar-refractivity contribution in [1.29, 1.82) is 0 Å². The first kappa shape index (κ1) is 25.2. The fourth-order valence-corrected chi connectivity index (χ4v) is 3.64. The van der Waals surface area contributed by atoms with Crippen molar-refractivity contribution in [2.75, 3.05) is 19.8 Å². The Hall–Kier alpha value is -3.02. The Balaban J connectivity index is 2.18. The minimum atomic E-state index is -0.498. The lowest BCUT2D eigenvalue weighted by Crippen LogP contribution is -2.49. The average molecular weight is 441 g/mol. The molecule has 6 nitrogen and oxygen atoms in total. The number of nitrogens with zero attached hydrogens (tertiary/aromatic N) is 1. The van der Waals surface area contributed by atoms with Gasteiger partial charge in [0.25, 0.3) is 0 Å². The number of nitrogens with one attached hydrogen (secondary N) is 1. The topological polar surface area (TPSA) is 67.9 Å². The molecule has 0 aliphatic heterocycles. The van der Waals surface area contributed by atoms with Crippen LogP contribution in [0.1, 0.15) is 51.7 Å². The predicted octanol–water partition coefficient (Wildman–Crippen LogP) is 4.36. The van der Waals surface area contributed by atoms with E-state index in [0.29, 0.717) is 57.1 Å². The van der Waals surface area contributed by atoms with Gasteiger partial charge in [-0.15, -0.1) is 0 Å². The fraction of sp³-hybridized carbons (Fsp3) is 0.462. The largest absolute Gasteiger partial charge is 0.490 e. The van der Waals surface area contributed by atoms with E-state index >= 15 is 0 Å². The second kappa shape index (κ2) is 13.4. The summed E-state index contributed by atoms with van der Waals surface area (Å²) in [6, 6.07) is 15.1. The molecule has 0 aliphatic rings. The normalized spacial score (nSPS) is 11.5. The standard InChI is InChI=1S/C26H36N2O4/c1-5-22(26(30)27-6-2)28(19-21-12-10-9-11-13-21)25(29)17-15-20-14-16-23(31-7-3)24(18-20)32-8-4/h9-14,16,18,22H,5-8,15,17,19H2,1-4H3,(H,27,30)/t22-/m1/s1. The minimum Gasteiger partial charge on any atom is -0.490 e. The molecular formula is C26H36N2O4. The molecule has 2 aromatic rings. The molecular weight excluding hydrogens is 404 g/mol. The van der Waals surface area contributed by atoms with Crippen molar-refractivity contribution in [3.63, 3.8) is 0 Å². The Morgan fingerprint density at radius 3 is 2.22 bits per heavy atom. The van der Waals surface area contributed by atoms with Gasteiger partial charge in [-0.1, -0.05) is 43.3 Å². The van der Waals surface area contributed by atoms with Crippen LogP contribution in [0.3, 0.4) is 0 Å². The maximum absolute atomic E-state index is 13.3. The maximum atomic E-state index is 13.3. The lowest BCUT2D eigenvalue weighted by atomic mass is 10.1. The first-order valence-corrected chi connectivity index (χ1v) is 11.5. The third-order valence-electron chi connectivity index (χ3n) is 5.17. The Morgan fingerprint density at radius 1 is 0.906 bits per heavy atom. The molecule has 1 atom stereocenters. The van der Waals surface area contributed by atoms with Crippen LogP contribution in [0.5, 0.6) is 11.5 Å². The Morgan fingerprint density at radius 2 is 1.59 bits per heavy atom. The van der Waals surface area contributed by atoms with E-state index < -0.39 is 6.04 Å². The van der Waals surface area contributed by atoms with Crippen LogP contribution >= 0.6 is 0 Å². The van der Waals surface area contributed by atoms with Crippen molar-refractivity contribution in [3.05, 3.63) is 59.7 Å². The van der Waals surface area contributed by atoms with Crippen molar-refractivity contribution in [2.45, 2.75) is 59.5 Å². The quantitative estimate of drug-likeness (QED) is 0.503. The molecule has 174 valence electrons. The number of amides is 2. The molecule has 32 heavy (non-hydrogen) atoms. The van der Waals surface area contributed by atoms with Gasteiger partial charge in [-0.3, -0.25) is 9.59 Å². The summed E-state index contributed by atoms with van der Waals surface area (Å²) in [5, 5.41) is 2.87. The van der Waals surface area contributed by atoms with Crippen LogP contribution in [0.2, 0.25) is 0 Å². The van der Waals surface area contributed by atoms with Gasteiger partial charge in [0.1, 0.15) is 6.04 Å². The number of benzene rings is 2. The van der Waals surface area contributed by atoms with E-state index in [1.807, 2.05) is 76.2 Å². The third-order valence-corrected chi connectivity index (χ3v) is 5.17. The van der Waals surface area contributed by atoms with Crippen LogP contribution in [-0.2, 0) is 22.6 Å². The van der Waals surface area contributed by atoms with Crippen molar-refractivity contribution in [2.24, 2.45) is 0 Å². The molecule has 2 rings (SSSR count). The zero-order chi connectivity index (χ0) is 23.3. The summed E-state index contributed by atoms with van der Waals surface area (Å²) in [5.41, 5.74) is 2.00. The number of carbonyl (C=O) groups is 2. The molecule has 2 amide bonds. The van der Waals surface area contributed by atoms with Gasteiger partial charge in [-0.25, -0.2) is 0 Å². The van der Waals surface area contributed by atoms with E-state index in [1.165, 1.54) is 0 Å². The summed E-state index contributed by atoms with van der Waals surface area (Å²) in [6.07, 6.45) is 1.42. The van der Waals surface area contributed by atoms with Crippen LogP contribution in [0.15, 0.2) is 48.5 Å². The molecule has 0 heterocycles. The van der Waals surface area contributed by atoms with E-state index in [2.05, 4.69) is 5.32 Å². The van der Waals surface area contributed by atoms with Gasteiger partial charge < -0.3 is 19.7 Å². The van der Waals surface area contributed by atoms with E-state index in [1.54, 1.807) is 4.90 Å². The van der Waals surface area contributed by atoms with Crippen LogP contribution < -0.4 is 14.8 Å². The molecule has 0 saturated carbocycles. The second-order valence-corrected chi connectivity index (χ2v) is 7.47. The molecule has 0 bridgehead atoms. The number of hydrogen-bond acceptors (Lipinski definition) is 4. The third kappa shape index (κ3) is 7.29. The highest BCUT2D eigenvalue weighted by Crippen LogP contribution is 2.29. The van der Waals surface area contributed by atoms with Crippen LogP contribution in [0.25, 0.3) is 0 Å². The SMILES string of the molecule is CCNC(=O)[C@@H](CC)N(Cc1ccccc1)C(=O)CCc1ccc(OCC)c(OCC)c1. The molecule has 0 radical (unpaired) electrons. The summed E-state index contributed by atoms with van der Waals surface area (Å²) in [7, 11) is 0. The molecule has 6 heteroatoms. The van der Waals surface area contributed by atoms with E-state index in [-0.39, 0.29) is 11.8 Å². The number of likely N-dealkylation sites (N-methyl/N-ethyl adjacent to an activating group) is 1. The molecule has 0 spiro atoms. The van der Waals surface area contributed by atoms with Gasteiger partial charge >= 0.3 is 0 Å². The molecule has 0 fully saturated rings. The fourth-order valence-electron chi connectivity index (χ4n) is 3.64. The molecule has 0 unspecified atom stereocenters. The van der Waals surface area contributed by atoms with E-state index in [9.17, 15) is 9.59 Å². The second-order valence-electron chi connectivity index (χ2n) is 7.47. The summed E-state index contributed by atoms with van der Waals surface area (Å²) in [6.45, 7) is 9.73. The number of ether oxygens (including phenoxy) is 2. The number of aryl methyl sites for hydroxylation is 1. The molecule has 2 aromatic carbocycles. The highest BCUT2D eigenvalue weighted by Gasteiger charge is 2.28. The van der Waals surface area contributed by atoms with Gasteiger partial charge in [0, 0.05) is 19.5 Å². The number of carbonyl (C=O) groups excluding carboxylic acids is 2. The highest BCUT2D eigenvalue weighted by atomic mass is 16.5. The van der Waals surface area contributed by atoms with E-state index in [4.69, 9.17) is 9.47 Å². The Kier molecular flexibility index (Phi) is 10.6. The summed E-state index contributed by atoms with van der Waals surface area (Å²) >= 11 is 0.